The quantitative estimate of drug-likeness (QED) is 0.372. The van der Waals surface area contributed by atoms with Gasteiger partial charge in [0.25, 0.3) is 5.91 Å². The van der Waals surface area contributed by atoms with Crippen LogP contribution in [-0.4, -0.2) is 63.1 Å². The summed E-state index contributed by atoms with van der Waals surface area (Å²) in [6.45, 7) is 7.43. The minimum atomic E-state index is -4.47. The van der Waals surface area contributed by atoms with Gasteiger partial charge >= 0.3 is 6.18 Å². The average molecular weight is 549 g/mol. The number of anilines is 1. The maximum absolute atomic E-state index is 12.8. The minimum Gasteiger partial charge on any atom is -0.480 e. The van der Waals surface area contributed by atoms with Gasteiger partial charge in [0, 0.05) is 24.5 Å². The lowest BCUT2D eigenvalue weighted by atomic mass is 9.91. The monoisotopic (exact) mass is 548 g/mol. The van der Waals surface area contributed by atoms with Gasteiger partial charge < -0.3 is 20.1 Å². The van der Waals surface area contributed by atoms with Gasteiger partial charge in [0.1, 0.15) is 12.1 Å². The Morgan fingerprint density at radius 2 is 1.95 bits per heavy atom. The van der Waals surface area contributed by atoms with Crippen LogP contribution in [0, 0.1) is 13.8 Å². The zero-order valence-electron chi connectivity index (χ0n) is 22.5. The van der Waals surface area contributed by atoms with Crippen molar-refractivity contribution in [3.05, 3.63) is 53.1 Å². The van der Waals surface area contributed by atoms with Crippen LogP contribution in [-0.2, 0) is 16.9 Å². The maximum atomic E-state index is 12.8. The normalized spacial score (nSPS) is 12.7. The Labute approximate surface area is 223 Å². The third-order valence-corrected chi connectivity index (χ3v) is 6.20. The molecule has 13 heteroatoms. The standard InChI is InChI=1S/C26H31F3N6O4/c1-15-7-21(18-8-20(24(39-6)31-10-18)23(38)30-9-16(2)37)33-22(17(15)3)25(4,5)35(14-36)19-11-32-34(12-19)13-26(27,28)29/h7-8,10-12,14,16,37H,9,13H2,1-6H3,(H,30,38). The highest BCUT2D eigenvalue weighted by molar-refractivity contribution is 5.97. The Kier molecular flexibility index (Phi) is 8.64. The van der Waals surface area contributed by atoms with E-state index in [9.17, 15) is 27.9 Å². The van der Waals surface area contributed by atoms with E-state index in [1.165, 1.54) is 24.4 Å². The van der Waals surface area contributed by atoms with Crippen molar-refractivity contribution in [2.75, 3.05) is 18.6 Å². The molecular formula is C26H31F3N6O4. The molecule has 3 aromatic rings. The number of alkyl halides is 3. The molecule has 0 aromatic carbocycles. The number of hydrogen-bond donors (Lipinski definition) is 2. The molecule has 2 N–H and O–H groups in total. The van der Waals surface area contributed by atoms with Crippen LogP contribution in [0.15, 0.2) is 30.7 Å². The molecule has 39 heavy (non-hydrogen) atoms. The van der Waals surface area contributed by atoms with E-state index in [2.05, 4.69) is 15.4 Å². The number of methoxy groups -OCH3 is 1. The molecule has 3 heterocycles. The van der Waals surface area contributed by atoms with Gasteiger partial charge in [-0.15, -0.1) is 0 Å². The number of carbonyl (C=O) groups is 2. The number of ether oxygens (including phenoxy) is 1. The van der Waals surface area contributed by atoms with Crippen molar-refractivity contribution in [1.82, 2.24) is 25.1 Å². The van der Waals surface area contributed by atoms with Crippen LogP contribution in [0.4, 0.5) is 18.9 Å². The van der Waals surface area contributed by atoms with Crippen LogP contribution in [0.25, 0.3) is 11.3 Å². The topological polar surface area (TPSA) is 122 Å². The average Bonchev–Trinajstić information content (AvgIpc) is 3.29. The number of nitrogens with zero attached hydrogens (tertiary/aromatic N) is 5. The second-order valence-corrected chi connectivity index (χ2v) is 9.68. The van der Waals surface area contributed by atoms with Crippen LogP contribution in [0.3, 0.4) is 0 Å². The molecule has 1 unspecified atom stereocenters. The van der Waals surface area contributed by atoms with Crippen molar-refractivity contribution in [3.63, 3.8) is 0 Å². The second kappa shape index (κ2) is 11.4. The molecule has 0 aliphatic rings. The molecule has 0 aliphatic carbocycles. The summed E-state index contributed by atoms with van der Waals surface area (Å²) in [5.74, 6) is -0.399. The molecule has 3 rings (SSSR count). The van der Waals surface area contributed by atoms with Gasteiger partial charge in [-0.05, 0) is 57.9 Å². The fourth-order valence-corrected chi connectivity index (χ4v) is 4.11. The summed E-state index contributed by atoms with van der Waals surface area (Å²) in [6.07, 6.45) is -0.842. The molecule has 0 radical (unpaired) electrons. The largest absolute Gasteiger partial charge is 0.480 e. The van der Waals surface area contributed by atoms with Gasteiger partial charge in [0.2, 0.25) is 12.3 Å². The lowest BCUT2D eigenvalue weighted by Gasteiger charge is -2.36. The predicted molar refractivity (Wildman–Crippen MR) is 137 cm³/mol. The van der Waals surface area contributed by atoms with Crippen LogP contribution in [0.2, 0.25) is 0 Å². The van der Waals surface area contributed by atoms with E-state index >= 15 is 0 Å². The first kappa shape index (κ1) is 29.6. The lowest BCUT2D eigenvalue weighted by molar-refractivity contribution is -0.142. The molecule has 0 bridgehead atoms. The fraction of sp³-hybridized carbons (Fsp3) is 0.423. The van der Waals surface area contributed by atoms with E-state index in [-0.39, 0.29) is 23.7 Å². The number of carbonyl (C=O) groups excluding carboxylic acids is 2. The number of aromatic nitrogens is 4. The van der Waals surface area contributed by atoms with Crippen molar-refractivity contribution in [1.29, 1.82) is 0 Å². The number of hydrogen-bond acceptors (Lipinski definition) is 7. The summed E-state index contributed by atoms with van der Waals surface area (Å²) in [6, 6.07) is 3.37. The summed E-state index contributed by atoms with van der Waals surface area (Å²) in [5, 5.41) is 15.9. The van der Waals surface area contributed by atoms with Gasteiger partial charge in [-0.3, -0.25) is 14.3 Å². The summed E-state index contributed by atoms with van der Waals surface area (Å²) >= 11 is 0. The number of nitrogens with one attached hydrogen (secondary N) is 1. The van der Waals surface area contributed by atoms with E-state index in [4.69, 9.17) is 9.72 Å². The van der Waals surface area contributed by atoms with Crippen LogP contribution in [0.1, 0.15) is 48.0 Å². The number of halogens is 3. The first-order valence-corrected chi connectivity index (χ1v) is 12.0. The Hall–Kier alpha value is -4.00. The molecule has 3 aromatic heterocycles. The summed E-state index contributed by atoms with van der Waals surface area (Å²) < 4.78 is 44.5. The van der Waals surface area contributed by atoms with Crippen molar-refractivity contribution < 1.29 is 32.6 Å². The zero-order chi connectivity index (χ0) is 29.1. The van der Waals surface area contributed by atoms with Crippen LogP contribution < -0.4 is 15.0 Å². The predicted octanol–water partition coefficient (Wildman–Crippen LogP) is 3.54. The molecule has 0 saturated carbocycles. The second-order valence-electron chi connectivity index (χ2n) is 9.68. The summed E-state index contributed by atoms with van der Waals surface area (Å²) in [5.41, 5.74) is 2.26. The Balaban J connectivity index is 2.06. The van der Waals surface area contributed by atoms with Crippen molar-refractivity contribution in [2.24, 2.45) is 0 Å². The maximum Gasteiger partial charge on any atom is 0.408 e. The number of rotatable bonds is 10. The van der Waals surface area contributed by atoms with Crippen LogP contribution >= 0.6 is 0 Å². The van der Waals surface area contributed by atoms with Gasteiger partial charge in [-0.2, -0.15) is 18.3 Å². The Bertz CT molecular complexity index is 1350. The smallest absolute Gasteiger partial charge is 0.408 e. The third-order valence-electron chi connectivity index (χ3n) is 6.20. The lowest BCUT2D eigenvalue weighted by Crippen LogP contribution is -2.42. The van der Waals surface area contributed by atoms with Crippen molar-refractivity contribution in [3.8, 4) is 17.1 Å². The van der Waals surface area contributed by atoms with E-state index < -0.39 is 30.3 Å². The molecule has 1 atom stereocenters. The molecule has 10 nitrogen and oxygen atoms in total. The number of aliphatic hydroxyl groups is 1. The van der Waals surface area contributed by atoms with Crippen molar-refractivity contribution in [2.45, 2.75) is 59.0 Å². The highest BCUT2D eigenvalue weighted by Gasteiger charge is 2.35. The molecule has 210 valence electrons. The van der Waals surface area contributed by atoms with Gasteiger partial charge in [0.05, 0.1) is 42.0 Å². The first-order chi connectivity index (χ1) is 18.2. The highest BCUT2D eigenvalue weighted by atomic mass is 19.4. The fourth-order valence-electron chi connectivity index (χ4n) is 4.11. The molecule has 0 saturated heterocycles. The van der Waals surface area contributed by atoms with E-state index in [1.54, 1.807) is 26.8 Å². The Morgan fingerprint density at radius 3 is 2.54 bits per heavy atom. The number of amides is 2. The summed E-state index contributed by atoms with van der Waals surface area (Å²) in [7, 11) is 1.38. The molecular weight excluding hydrogens is 517 g/mol. The number of aliphatic hydroxyl groups excluding tert-OH is 1. The van der Waals surface area contributed by atoms with E-state index in [0.29, 0.717) is 23.4 Å². The molecule has 0 aliphatic heterocycles. The first-order valence-electron chi connectivity index (χ1n) is 12.0. The van der Waals surface area contributed by atoms with Crippen LogP contribution in [0.5, 0.6) is 5.88 Å². The van der Waals surface area contributed by atoms with Gasteiger partial charge in [-0.25, -0.2) is 9.97 Å². The van der Waals surface area contributed by atoms with Gasteiger partial charge in [-0.1, -0.05) is 0 Å². The van der Waals surface area contributed by atoms with Crippen molar-refractivity contribution >= 4 is 18.0 Å². The Morgan fingerprint density at radius 1 is 1.26 bits per heavy atom. The van der Waals surface area contributed by atoms with E-state index in [1.807, 2.05) is 19.9 Å². The third kappa shape index (κ3) is 6.72. The minimum absolute atomic E-state index is 0.0352. The SMILES string of the molecule is COc1ncc(-c2cc(C)c(C)c(C(C)(C)N(C=O)c3cnn(CC(F)(F)F)c3)n2)cc1C(=O)NCC(C)O. The van der Waals surface area contributed by atoms with E-state index in [0.717, 1.165) is 22.0 Å². The number of pyridine rings is 2. The summed E-state index contributed by atoms with van der Waals surface area (Å²) in [4.78, 5) is 35.3. The molecule has 0 spiro atoms. The molecule has 2 amide bonds. The van der Waals surface area contributed by atoms with Gasteiger partial charge in [0.15, 0.2) is 0 Å². The zero-order valence-corrected chi connectivity index (χ0v) is 22.5. The molecule has 0 fully saturated rings. The number of aryl methyl sites for hydroxylation is 1. The highest BCUT2D eigenvalue weighted by Crippen LogP contribution is 2.35.